The van der Waals surface area contributed by atoms with Crippen LogP contribution in [0.5, 0.6) is 0 Å². The number of anilines is 2. The summed E-state index contributed by atoms with van der Waals surface area (Å²) in [6, 6.07) is 12.2. The van der Waals surface area contributed by atoms with Gasteiger partial charge in [-0.2, -0.15) is 5.10 Å². The van der Waals surface area contributed by atoms with Crippen LogP contribution in [0.4, 0.5) is 11.4 Å². The molecule has 3 aromatic rings. The predicted molar refractivity (Wildman–Crippen MR) is 104 cm³/mol. The molecular weight excluding hydrogens is 342 g/mol. The van der Waals surface area contributed by atoms with E-state index in [9.17, 15) is 9.59 Å². The highest BCUT2D eigenvalue weighted by atomic mass is 16.2. The largest absolute Gasteiger partial charge is 0.324 e. The molecule has 2 amide bonds. The molecule has 0 spiro atoms. The lowest BCUT2D eigenvalue weighted by Crippen LogP contribution is -2.24. The van der Waals surface area contributed by atoms with Crippen LogP contribution in [0.2, 0.25) is 0 Å². The zero-order valence-electron chi connectivity index (χ0n) is 15.4. The summed E-state index contributed by atoms with van der Waals surface area (Å²) in [5.74, 6) is -0.364. The Morgan fingerprint density at radius 3 is 2.26 bits per heavy atom. The SMILES string of the molecule is Cc1ccc(C(=O)Nc2ccc(NC(=O)C(C)n3cncn3)cc2)c(C)c1. The van der Waals surface area contributed by atoms with E-state index in [2.05, 4.69) is 20.7 Å². The molecule has 2 aromatic carbocycles. The van der Waals surface area contributed by atoms with E-state index in [1.807, 2.05) is 32.0 Å². The summed E-state index contributed by atoms with van der Waals surface area (Å²) >= 11 is 0. The van der Waals surface area contributed by atoms with E-state index in [0.717, 1.165) is 11.1 Å². The number of rotatable bonds is 5. The van der Waals surface area contributed by atoms with E-state index in [1.54, 1.807) is 31.2 Å². The lowest BCUT2D eigenvalue weighted by Gasteiger charge is -2.13. The number of nitrogens with one attached hydrogen (secondary N) is 2. The zero-order chi connectivity index (χ0) is 19.4. The maximum atomic E-state index is 12.4. The van der Waals surface area contributed by atoms with Crippen LogP contribution in [-0.2, 0) is 4.79 Å². The molecule has 0 fully saturated rings. The van der Waals surface area contributed by atoms with Crippen LogP contribution in [0.25, 0.3) is 0 Å². The van der Waals surface area contributed by atoms with Crippen LogP contribution >= 0.6 is 0 Å². The van der Waals surface area contributed by atoms with Gasteiger partial charge in [0.05, 0.1) is 0 Å². The molecule has 1 atom stereocenters. The fourth-order valence-electron chi connectivity index (χ4n) is 2.69. The van der Waals surface area contributed by atoms with Crippen molar-refractivity contribution in [2.24, 2.45) is 0 Å². The van der Waals surface area contributed by atoms with E-state index in [1.165, 1.54) is 17.3 Å². The van der Waals surface area contributed by atoms with Crippen LogP contribution in [0.15, 0.2) is 55.1 Å². The van der Waals surface area contributed by atoms with E-state index in [0.29, 0.717) is 16.9 Å². The second-order valence-corrected chi connectivity index (χ2v) is 6.39. The van der Waals surface area contributed by atoms with Crippen molar-refractivity contribution in [3.63, 3.8) is 0 Å². The summed E-state index contributed by atoms with van der Waals surface area (Å²) in [7, 11) is 0. The molecule has 2 N–H and O–H groups in total. The van der Waals surface area contributed by atoms with Crippen molar-refractivity contribution >= 4 is 23.2 Å². The van der Waals surface area contributed by atoms with E-state index < -0.39 is 6.04 Å². The second kappa shape index (κ2) is 7.82. The van der Waals surface area contributed by atoms with Gasteiger partial charge in [0, 0.05) is 16.9 Å². The van der Waals surface area contributed by atoms with Gasteiger partial charge in [0.1, 0.15) is 18.7 Å². The summed E-state index contributed by atoms with van der Waals surface area (Å²) in [5.41, 5.74) is 3.97. The van der Waals surface area contributed by atoms with Crippen molar-refractivity contribution in [3.8, 4) is 0 Å². The molecule has 27 heavy (non-hydrogen) atoms. The molecule has 1 aromatic heterocycles. The van der Waals surface area contributed by atoms with Gasteiger partial charge in [0.15, 0.2) is 0 Å². The summed E-state index contributed by atoms with van der Waals surface area (Å²) in [5, 5.41) is 9.65. The van der Waals surface area contributed by atoms with Gasteiger partial charge in [-0.25, -0.2) is 9.67 Å². The van der Waals surface area contributed by atoms with E-state index in [-0.39, 0.29) is 11.8 Å². The Kier molecular flexibility index (Phi) is 5.30. The average molecular weight is 363 g/mol. The first-order valence-corrected chi connectivity index (χ1v) is 8.57. The van der Waals surface area contributed by atoms with Gasteiger partial charge in [-0.3, -0.25) is 9.59 Å². The minimum Gasteiger partial charge on any atom is -0.324 e. The Bertz CT molecular complexity index is 949. The molecule has 0 saturated heterocycles. The molecule has 0 bridgehead atoms. The standard InChI is InChI=1S/C20H21N5O2/c1-13-4-9-18(14(2)10-13)20(27)24-17-7-5-16(6-8-17)23-19(26)15(3)25-12-21-11-22-25/h4-12,15H,1-3H3,(H,23,26)(H,24,27). The zero-order valence-corrected chi connectivity index (χ0v) is 15.4. The van der Waals surface area contributed by atoms with Gasteiger partial charge in [-0.15, -0.1) is 0 Å². The molecule has 3 rings (SSSR count). The molecule has 0 aliphatic rings. The molecule has 1 unspecified atom stereocenters. The summed E-state index contributed by atoms with van der Waals surface area (Å²) in [6.07, 6.45) is 2.88. The molecule has 0 aliphatic carbocycles. The summed E-state index contributed by atoms with van der Waals surface area (Å²) in [4.78, 5) is 28.5. The number of hydrogen-bond donors (Lipinski definition) is 2. The minimum absolute atomic E-state index is 0.163. The van der Waals surface area contributed by atoms with Crippen LogP contribution in [0.1, 0.15) is 34.5 Å². The molecule has 0 radical (unpaired) electrons. The Morgan fingerprint density at radius 2 is 1.67 bits per heavy atom. The van der Waals surface area contributed by atoms with E-state index in [4.69, 9.17) is 0 Å². The average Bonchev–Trinajstić information content (AvgIpc) is 3.17. The monoisotopic (exact) mass is 363 g/mol. The molecule has 1 heterocycles. The second-order valence-electron chi connectivity index (χ2n) is 6.39. The fourth-order valence-corrected chi connectivity index (χ4v) is 2.69. The van der Waals surface area contributed by atoms with Crippen molar-refractivity contribution < 1.29 is 9.59 Å². The Balaban J connectivity index is 1.63. The summed E-state index contributed by atoms with van der Waals surface area (Å²) < 4.78 is 1.48. The number of aryl methyl sites for hydroxylation is 2. The van der Waals surface area contributed by atoms with Gasteiger partial charge >= 0.3 is 0 Å². The number of carbonyl (C=O) groups is 2. The molecule has 0 aliphatic heterocycles. The first kappa shape index (κ1) is 18.3. The Hall–Kier alpha value is -3.48. The van der Waals surface area contributed by atoms with Crippen LogP contribution < -0.4 is 10.6 Å². The highest BCUT2D eigenvalue weighted by Crippen LogP contribution is 2.17. The number of amides is 2. The third kappa shape index (κ3) is 4.38. The van der Waals surface area contributed by atoms with E-state index >= 15 is 0 Å². The van der Waals surface area contributed by atoms with Crippen molar-refractivity contribution in [1.29, 1.82) is 0 Å². The van der Waals surface area contributed by atoms with Gasteiger partial charge in [-0.05, 0) is 56.7 Å². The van der Waals surface area contributed by atoms with Crippen molar-refractivity contribution in [3.05, 3.63) is 71.8 Å². The lowest BCUT2D eigenvalue weighted by molar-refractivity contribution is -0.119. The van der Waals surface area contributed by atoms with Gasteiger partial charge in [0.25, 0.3) is 5.91 Å². The van der Waals surface area contributed by atoms with Crippen molar-refractivity contribution in [2.75, 3.05) is 10.6 Å². The van der Waals surface area contributed by atoms with Crippen molar-refractivity contribution in [1.82, 2.24) is 14.8 Å². The first-order chi connectivity index (χ1) is 12.9. The molecule has 0 saturated carbocycles. The maximum Gasteiger partial charge on any atom is 0.255 e. The predicted octanol–water partition coefficient (Wildman–Crippen LogP) is 3.35. The number of hydrogen-bond acceptors (Lipinski definition) is 4. The smallest absolute Gasteiger partial charge is 0.255 e. The van der Waals surface area contributed by atoms with Crippen LogP contribution in [-0.4, -0.2) is 26.6 Å². The highest BCUT2D eigenvalue weighted by Gasteiger charge is 2.15. The lowest BCUT2D eigenvalue weighted by atomic mass is 10.1. The van der Waals surface area contributed by atoms with Crippen molar-refractivity contribution in [2.45, 2.75) is 26.8 Å². The number of nitrogens with zero attached hydrogens (tertiary/aromatic N) is 3. The Labute approximate surface area is 157 Å². The number of aromatic nitrogens is 3. The minimum atomic E-state index is -0.476. The molecule has 7 nitrogen and oxygen atoms in total. The topological polar surface area (TPSA) is 88.9 Å². The van der Waals surface area contributed by atoms with Crippen LogP contribution in [0, 0.1) is 13.8 Å². The maximum absolute atomic E-state index is 12.4. The quantitative estimate of drug-likeness (QED) is 0.727. The van der Waals surface area contributed by atoms with Gasteiger partial charge in [-0.1, -0.05) is 17.7 Å². The van der Waals surface area contributed by atoms with Gasteiger partial charge in [0.2, 0.25) is 5.91 Å². The number of benzene rings is 2. The molecular formula is C20H21N5O2. The first-order valence-electron chi connectivity index (χ1n) is 8.57. The third-order valence-corrected chi connectivity index (χ3v) is 4.25. The summed E-state index contributed by atoms with van der Waals surface area (Å²) in [6.45, 7) is 5.64. The van der Waals surface area contributed by atoms with Crippen LogP contribution in [0.3, 0.4) is 0 Å². The normalized spacial score (nSPS) is 11.7. The Morgan fingerprint density at radius 1 is 1.00 bits per heavy atom. The fraction of sp³-hybridized carbons (Fsp3) is 0.200. The highest BCUT2D eigenvalue weighted by molar-refractivity contribution is 6.05. The molecule has 7 heteroatoms. The van der Waals surface area contributed by atoms with Gasteiger partial charge < -0.3 is 10.6 Å². The molecule has 138 valence electrons. The number of carbonyl (C=O) groups excluding carboxylic acids is 2. The third-order valence-electron chi connectivity index (χ3n) is 4.25.